The molecule has 2 saturated heterocycles. The molecule has 3 nitrogen and oxygen atoms in total. The van der Waals surface area contributed by atoms with E-state index in [0.717, 1.165) is 21.6 Å². The Morgan fingerprint density at radius 2 is 2.17 bits per heavy atom. The average molecular weight is 306 g/mol. The monoisotopic (exact) mass is 305 g/mol. The van der Waals surface area contributed by atoms with Crippen LogP contribution in [-0.4, -0.2) is 30.6 Å². The number of fused-ring (bicyclic) bond motifs is 2. The van der Waals surface area contributed by atoms with Crippen LogP contribution in [-0.2, 0) is 0 Å². The lowest BCUT2D eigenvalue weighted by molar-refractivity contribution is 0.255. The van der Waals surface area contributed by atoms with Gasteiger partial charge in [0.05, 0.1) is 11.3 Å². The highest BCUT2D eigenvalue weighted by Crippen LogP contribution is 2.31. The van der Waals surface area contributed by atoms with Crippen molar-refractivity contribution in [1.29, 1.82) is 5.26 Å². The molecule has 2 aliphatic heterocycles. The Hall–Kier alpha value is -1.05. The molecule has 3 atom stereocenters. The molecular weight excluding hydrogens is 290 g/mol. The maximum atomic E-state index is 9.16. The van der Waals surface area contributed by atoms with Crippen LogP contribution >= 0.6 is 15.9 Å². The molecule has 3 unspecified atom stereocenters. The lowest BCUT2D eigenvalue weighted by Gasteiger charge is -2.32. The topological polar surface area (TPSA) is 39.1 Å². The minimum atomic E-state index is 0.519. The summed E-state index contributed by atoms with van der Waals surface area (Å²) in [6.45, 7) is 3.64. The number of nitriles is 1. The fourth-order valence-electron chi connectivity index (χ4n) is 3.07. The standard InChI is InChI=1S/C14H16BrN3/c15-12-2-1-10(8-16)14(7-12)17-13-4-6-18-5-3-11(13)9-18/h1-2,7,11,13,17H,3-6,9H2. The highest BCUT2D eigenvalue weighted by Gasteiger charge is 2.34. The molecule has 2 fully saturated rings. The van der Waals surface area contributed by atoms with Crippen molar-refractivity contribution >= 4 is 21.6 Å². The first-order valence-corrected chi connectivity index (χ1v) is 7.24. The Labute approximate surface area is 116 Å². The van der Waals surface area contributed by atoms with Crippen LogP contribution in [0.1, 0.15) is 18.4 Å². The first kappa shape index (κ1) is 12.0. The van der Waals surface area contributed by atoms with Crippen molar-refractivity contribution in [2.24, 2.45) is 5.92 Å². The fourth-order valence-corrected chi connectivity index (χ4v) is 3.44. The Kier molecular flexibility index (Phi) is 3.27. The van der Waals surface area contributed by atoms with Crippen molar-refractivity contribution in [3.8, 4) is 6.07 Å². The summed E-state index contributed by atoms with van der Waals surface area (Å²) < 4.78 is 1.02. The van der Waals surface area contributed by atoms with E-state index < -0.39 is 0 Å². The van der Waals surface area contributed by atoms with E-state index in [4.69, 9.17) is 5.26 Å². The molecule has 1 aromatic carbocycles. The van der Waals surface area contributed by atoms with Crippen molar-refractivity contribution in [3.05, 3.63) is 28.2 Å². The van der Waals surface area contributed by atoms with E-state index in [9.17, 15) is 0 Å². The Bertz CT molecular complexity index is 494. The van der Waals surface area contributed by atoms with Crippen LogP contribution in [0.15, 0.2) is 22.7 Å². The molecule has 2 aliphatic rings. The molecule has 0 aromatic heterocycles. The second-order valence-electron chi connectivity index (χ2n) is 5.19. The molecule has 0 amide bonds. The number of nitrogens with zero attached hydrogens (tertiary/aromatic N) is 2. The number of piperidine rings is 1. The summed E-state index contributed by atoms with van der Waals surface area (Å²) in [4.78, 5) is 2.54. The van der Waals surface area contributed by atoms with Crippen molar-refractivity contribution in [1.82, 2.24) is 4.90 Å². The van der Waals surface area contributed by atoms with Gasteiger partial charge in [0.1, 0.15) is 6.07 Å². The zero-order valence-electron chi connectivity index (χ0n) is 10.2. The van der Waals surface area contributed by atoms with Gasteiger partial charge in [0.15, 0.2) is 0 Å². The van der Waals surface area contributed by atoms with Gasteiger partial charge < -0.3 is 10.2 Å². The second kappa shape index (κ2) is 4.91. The van der Waals surface area contributed by atoms with Crippen LogP contribution < -0.4 is 5.32 Å². The van der Waals surface area contributed by atoms with Crippen molar-refractivity contribution in [2.75, 3.05) is 25.0 Å². The van der Waals surface area contributed by atoms with Crippen molar-refractivity contribution < 1.29 is 0 Å². The lowest BCUT2D eigenvalue weighted by Crippen LogP contribution is -2.39. The number of hydrogen-bond acceptors (Lipinski definition) is 3. The summed E-state index contributed by atoms with van der Waals surface area (Å²) in [6, 6.07) is 8.58. The van der Waals surface area contributed by atoms with Gasteiger partial charge in [-0.15, -0.1) is 0 Å². The molecule has 2 bridgehead atoms. The summed E-state index contributed by atoms with van der Waals surface area (Å²) >= 11 is 3.47. The van der Waals surface area contributed by atoms with Gasteiger partial charge in [-0.3, -0.25) is 0 Å². The smallest absolute Gasteiger partial charge is 0.101 e. The van der Waals surface area contributed by atoms with Crippen LogP contribution in [0.5, 0.6) is 0 Å². The van der Waals surface area contributed by atoms with Gasteiger partial charge in [-0.2, -0.15) is 5.26 Å². The SMILES string of the molecule is N#Cc1ccc(Br)cc1NC1CCN2CCC1C2. The number of halogens is 1. The number of benzene rings is 1. The number of rotatable bonds is 2. The minimum Gasteiger partial charge on any atom is -0.381 e. The zero-order valence-corrected chi connectivity index (χ0v) is 11.8. The Morgan fingerprint density at radius 1 is 1.33 bits per heavy atom. The summed E-state index contributed by atoms with van der Waals surface area (Å²) in [5, 5.41) is 12.7. The first-order valence-electron chi connectivity index (χ1n) is 6.45. The molecule has 0 radical (unpaired) electrons. The third kappa shape index (κ3) is 2.25. The molecule has 18 heavy (non-hydrogen) atoms. The molecular formula is C14H16BrN3. The van der Waals surface area contributed by atoms with Crippen LogP contribution in [0.25, 0.3) is 0 Å². The summed E-state index contributed by atoms with van der Waals surface area (Å²) in [5.74, 6) is 0.740. The van der Waals surface area contributed by atoms with Gasteiger partial charge >= 0.3 is 0 Å². The van der Waals surface area contributed by atoms with Gasteiger partial charge in [-0.05, 0) is 43.5 Å². The van der Waals surface area contributed by atoms with Gasteiger partial charge in [0.25, 0.3) is 0 Å². The average Bonchev–Trinajstić information content (AvgIpc) is 2.76. The minimum absolute atomic E-state index is 0.519. The van der Waals surface area contributed by atoms with E-state index in [0.29, 0.717) is 6.04 Å². The van der Waals surface area contributed by atoms with Gasteiger partial charge in [0.2, 0.25) is 0 Å². The molecule has 4 heteroatoms. The Balaban J connectivity index is 1.80. The first-order chi connectivity index (χ1) is 8.76. The van der Waals surface area contributed by atoms with Crippen LogP contribution in [0.4, 0.5) is 5.69 Å². The largest absolute Gasteiger partial charge is 0.381 e. The molecule has 1 N–H and O–H groups in total. The normalized spacial score (nSPS) is 29.9. The van der Waals surface area contributed by atoms with E-state index in [-0.39, 0.29) is 0 Å². The van der Waals surface area contributed by atoms with Crippen LogP contribution in [0.2, 0.25) is 0 Å². The van der Waals surface area contributed by atoms with Crippen molar-refractivity contribution in [3.63, 3.8) is 0 Å². The van der Waals surface area contributed by atoms with E-state index in [1.165, 1.54) is 32.5 Å². The predicted molar refractivity (Wildman–Crippen MR) is 75.4 cm³/mol. The van der Waals surface area contributed by atoms with Gasteiger partial charge in [0, 0.05) is 23.6 Å². The quantitative estimate of drug-likeness (QED) is 0.913. The highest BCUT2D eigenvalue weighted by atomic mass is 79.9. The molecule has 2 heterocycles. The maximum absolute atomic E-state index is 9.16. The molecule has 0 spiro atoms. The third-order valence-electron chi connectivity index (χ3n) is 4.08. The van der Waals surface area contributed by atoms with Gasteiger partial charge in [-0.1, -0.05) is 15.9 Å². The van der Waals surface area contributed by atoms with E-state index in [2.05, 4.69) is 32.2 Å². The summed E-state index contributed by atoms with van der Waals surface area (Å²) in [6.07, 6.45) is 2.47. The Morgan fingerprint density at radius 3 is 3.00 bits per heavy atom. The fraction of sp³-hybridized carbons (Fsp3) is 0.500. The molecule has 94 valence electrons. The third-order valence-corrected chi connectivity index (χ3v) is 4.57. The lowest BCUT2D eigenvalue weighted by atomic mass is 9.93. The number of hydrogen-bond donors (Lipinski definition) is 1. The highest BCUT2D eigenvalue weighted by molar-refractivity contribution is 9.10. The zero-order chi connectivity index (χ0) is 12.5. The van der Waals surface area contributed by atoms with E-state index in [1.54, 1.807) is 0 Å². The van der Waals surface area contributed by atoms with E-state index in [1.807, 2.05) is 18.2 Å². The maximum Gasteiger partial charge on any atom is 0.101 e. The summed E-state index contributed by atoms with van der Waals surface area (Å²) in [5.41, 5.74) is 1.70. The molecule has 0 aliphatic carbocycles. The molecule has 1 aromatic rings. The van der Waals surface area contributed by atoms with Crippen LogP contribution in [0.3, 0.4) is 0 Å². The number of anilines is 1. The predicted octanol–water partition coefficient (Wildman–Crippen LogP) is 2.83. The summed E-state index contributed by atoms with van der Waals surface area (Å²) in [7, 11) is 0. The molecule has 0 saturated carbocycles. The second-order valence-corrected chi connectivity index (χ2v) is 6.11. The van der Waals surface area contributed by atoms with E-state index >= 15 is 0 Å². The van der Waals surface area contributed by atoms with Crippen LogP contribution in [0, 0.1) is 17.2 Å². The van der Waals surface area contributed by atoms with Gasteiger partial charge in [-0.25, -0.2) is 0 Å². The van der Waals surface area contributed by atoms with Crippen molar-refractivity contribution in [2.45, 2.75) is 18.9 Å². The number of nitrogens with one attached hydrogen (secondary N) is 1. The molecule has 3 rings (SSSR count).